The van der Waals surface area contributed by atoms with Gasteiger partial charge in [-0.1, -0.05) is 48.5 Å². The molecule has 3 unspecified atom stereocenters. The van der Waals surface area contributed by atoms with Gasteiger partial charge in [-0.3, -0.25) is 0 Å². The standard InChI is InChI=1S/C18H26Br2O3/c1-4-5-6-7-8-9-18(2)17(20)16(21)12-10-13(19)15(22-3)11-14(12)23-18/h10-11,16-17,21H,4-9H2,1-3H3. The maximum Gasteiger partial charge on any atom is 0.136 e. The van der Waals surface area contributed by atoms with Crippen LogP contribution in [0.3, 0.4) is 0 Å². The van der Waals surface area contributed by atoms with E-state index in [2.05, 4.69) is 45.7 Å². The van der Waals surface area contributed by atoms with Crippen LogP contribution >= 0.6 is 31.9 Å². The summed E-state index contributed by atoms with van der Waals surface area (Å²) in [6.07, 6.45) is 6.43. The van der Waals surface area contributed by atoms with Gasteiger partial charge < -0.3 is 14.6 Å². The number of unbranched alkanes of at least 4 members (excludes halogenated alkanes) is 4. The van der Waals surface area contributed by atoms with Gasteiger partial charge in [0, 0.05) is 11.6 Å². The molecule has 2 rings (SSSR count). The molecular weight excluding hydrogens is 424 g/mol. The van der Waals surface area contributed by atoms with Gasteiger partial charge in [0.05, 0.1) is 22.5 Å². The zero-order valence-corrected chi connectivity index (χ0v) is 17.2. The SMILES string of the molecule is CCCCCCCC1(C)Oc2cc(OC)c(Br)cc2C(O)C1Br. The van der Waals surface area contributed by atoms with Crippen molar-refractivity contribution >= 4 is 31.9 Å². The van der Waals surface area contributed by atoms with Gasteiger partial charge in [0.1, 0.15) is 17.1 Å². The van der Waals surface area contributed by atoms with Crippen LogP contribution < -0.4 is 9.47 Å². The Balaban J connectivity index is 2.15. The molecule has 0 aromatic heterocycles. The number of hydrogen-bond donors (Lipinski definition) is 1. The number of ether oxygens (including phenoxy) is 2. The molecule has 1 aliphatic rings. The van der Waals surface area contributed by atoms with Gasteiger partial charge in [-0.15, -0.1) is 0 Å². The first-order valence-electron chi connectivity index (χ1n) is 8.31. The Hall–Kier alpha value is -0.260. The lowest BCUT2D eigenvalue weighted by Gasteiger charge is -2.43. The molecule has 5 heteroatoms. The maximum atomic E-state index is 10.7. The molecule has 130 valence electrons. The largest absolute Gasteiger partial charge is 0.495 e. The molecule has 0 bridgehead atoms. The molecule has 3 nitrogen and oxygen atoms in total. The summed E-state index contributed by atoms with van der Waals surface area (Å²) in [6, 6.07) is 3.74. The monoisotopic (exact) mass is 448 g/mol. The third-order valence-electron chi connectivity index (χ3n) is 4.58. The van der Waals surface area contributed by atoms with Crippen molar-refractivity contribution in [2.24, 2.45) is 0 Å². The second-order valence-electron chi connectivity index (χ2n) is 6.45. The van der Waals surface area contributed by atoms with Gasteiger partial charge in [-0.05, 0) is 41.8 Å². The number of methoxy groups -OCH3 is 1. The average Bonchev–Trinajstić information content (AvgIpc) is 2.53. The number of rotatable bonds is 7. The van der Waals surface area contributed by atoms with Crippen molar-refractivity contribution < 1.29 is 14.6 Å². The van der Waals surface area contributed by atoms with Crippen LogP contribution in [0.5, 0.6) is 11.5 Å². The summed E-state index contributed by atoms with van der Waals surface area (Å²) in [5.41, 5.74) is 0.375. The van der Waals surface area contributed by atoms with Crippen LogP contribution in [0.25, 0.3) is 0 Å². The Kier molecular flexibility index (Phi) is 6.81. The minimum Gasteiger partial charge on any atom is -0.495 e. The van der Waals surface area contributed by atoms with Crippen LogP contribution in [0, 0.1) is 0 Å². The molecular formula is C18H26Br2O3. The first-order valence-corrected chi connectivity index (χ1v) is 10.0. The molecule has 1 aromatic rings. The maximum absolute atomic E-state index is 10.7. The van der Waals surface area contributed by atoms with E-state index in [9.17, 15) is 5.11 Å². The second-order valence-corrected chi connectivity index (χ2v) is 8.29. The highest BCUT2D eigenvalue weighted by molar-refractivity contribution is 9.10. The van der Waals surface area contributed by atoms with Gasteiger partial charge in [0.25, 0.3) is 0 Å². The summed E-state index contributed by atoms with van der Waals surface area (Å²) < 4.78 is 12.5. The van der Waals surface area contributed by atoms with Crippen LogP contribution in [0.15, 0.2) is 16.6 Å². The van der Waals surface area contributed by atoms with Gasteiger partial charge in [-0.2, -0.15) is 0 Å². The summed E-state index contributed by atoms with van der Waals surface area (Å²) in [4.78, 5) is -0.131. The van der Waals surface area contributed by atoms with E-state index >= 15 is 0 Å². The lowest BCUT2D eigenvalue weighted by molar-refractivity contribution is 0.00192. The fraction of sp³-hybridized carbons (Fsp3) is 0.667. The van der Waals surface area contributed by atoms with Crippen molar-refractivity contribution in [2.75, 3.05) is 7.11 Å². The Morgan fingerprint density at radius 3 is 2.61 bits per heavy atom. The molecule has 0 saturated heterocycles. The topological polar surface area (TPSA) is 38.7 Å². The minimum atomic E-state index is -0.596. The summed E-state index contributed by atoms with van der Waals surface area (Å²) >= 11 is 7.14. The van der Waals surface area contributed by atoms with Gasteiger partial charge >= 0.3 is 0 Å². The Bertz CT molecular complexity index is 535. The van der Waals surface area contributed by atoms with Crippen LogP contribution in [0.1, 0.15) is 64.0 Å². The number of aliphatic hydroxyl groups is 1. The average molecular weight is 450 g/mol. The fourth-order valence-electron chi connectivity index (χ4n) is 3.09. The molecule has 0 saturated carbocycles. The van der Waals surface area contributed by atoms with Crippen LogP contribution in [-0.2, 0) is 0 Å². The third-order valence-corrected chi connectivity index (χ3v) is 6.67. The predicted molar refractivity (Wildman–Crippen MR) is 101 cm³/mol. The van der Waals surface area contributed by atoms with E-state index in [-0.39, 0.29) is 4.83 Å². The highest BCUT2D eigenvalue weighted by atomic mass is 79.9. The van der Waals surface area contributed by atoms with E-state index in [1.165, 1.54) is 25.7 Å². The number of alkyl halides is 1. The number of halogens is 2. The molecule has 1 N–H and O–H groups in total. The summed E-state index contributed by atoms with van der Waals surface area (Å²) in [5, 5.41) is 10.7. The summed E-state index contributed by atoms with van der Waals surface area (Å²) in [5.74, 6) is 1.43. The fourth-order valence-corrected chi connectivity index (χ4v) is 4.22. The Labute approximate surface area is 156 Å². The highest BCUT2D eigenvalue weighted by Crippen LogP contribution is 2.48. The van der Waals surface area contributed by atoms with E-state index in [4.69, 9.17) is 9.47 Å². The molecule has 1 aliphatic heterocycles. The van der Waals surface area contributed by atoms with Crippen LogP contribution in [0.4, 0.5) is 0 Å². The summed E-state index contributed by atoms with van der Waals surface area (Å²) in [6.45, 7) is 4.30. The number of aliphatic hydroxyl groups excluding tert-OH is 1. The smallest absolute Gasteiger partial charge is 0.136 e. The van der Waals surface area contributed by atoms with Gasteiger partial charge in [0.15, 0.2) is 0 Å². The van der Waals surface area contributed by atoms with Crippen molar-refractivity contribution in [1.29, 1.82) is 0 Å². The van der Waals surface area contributed by atoms with Crippen molar-refractivity contribution in [3.63, 3.8) is 0 Å². The predicted octanol–water partition coefficient (Wildman–Crippen LogP) is 5.77. The van der Waals surface area contributed by atoms with Crippen LogP contribution in [0.2, 0.25) is 0 Å². The van der Waals surface area contributed by atoms with Crippen molar-refractivity contribution in [1.82, 2.24) is 0 Å². The Morgan fingerprint density at radius 1 is 1.26 bits per heavy atom. The molecule has 23 heavy (non-hydrogen) atoms. The lowest BCUT2D eigenvalue weighted by atomic mass is 9.86. The number of benzene rings is 1. The number of hydrogen-bond acceptors (Lipinski definition) is 3. The van der Waals surface area contributed by atoms with Gasteiger partial charge in [-0.25, -0.2) is 0 Å². The molecule has 1 heterocycles. The molecule has 0 radical (unpaired) electrons. The molecule has 0 spiro atoms. The molecule has 0 amide bonds. The van der Waals surface area contributed by atoms with Crippen molar-refractivity contribution in [3.05, 3.63) is 22.2 Å². The quantitative estimate of drug-likeness (QED) is 0.424. The van der Waals surface area contributed by atoms with E-state index in [1.807, 2.05) is 12.1 Å². The van der Waals surface area contributed by atoms with Crippen LogP contribution in [-0.4, -0.2) is 22.6 Å². The lowest BCUT2D eigenvalue weighted by Crippen LogP contribution is -2.48. The first-order chi connectivity index (χ1) is 10.9. The van der Waals surface area contributed by atoms with E-state index < -0.39 is 11.7 Å². The second kappa shape index (κ2) is 8.21. The third kappa shape index (κ3) is 4.23. The molecule has 1 aromatic carbocycles. The first kappa shape index (κ1) is 19.1. The van der Waals surface area contributed by atoms with E-state index in [0.717, 1.165) is 22.9 Å². The Morgan fingerprint density at radius 2 is 1.96 bits per heavy atom. The zero-order chi connectivity index (χ0) is 17.0. The number of fused-ring (bicyclic) bond motifs is 1. The van der Waals surface area contributed by atoms with E-state index in [0.29, 0.717) is 11.5 Å². The minimum absolute atomic E-state index is 0.131. The molecule has 3 atom stereocenters. The molecule has 0 aliphatic carbocycles. The summed E-state index contributed by atoms with van der Waals surface area (Å²) in [7, 11) is 1.63. The normalized spacial score (nSPS) is 26.5. The van der Waals surface area contributed by atoms with Crippen molar-refractivity contribution in [3.8, 4) is 11.5 Å². The zero-order valence-electron chi connectivity index (χ0n) is 14.1. The highest BCUT2D eigenvalue weighted by Gasteiger charge is 2.44. The van der Waals surface area contributed by atoms with Crippen molar-refractivity contribution in [2.45, 2.75) is 68.9 Å². The van der Waals surface area contributed by atoms with Gasteiger partial charge in [0.2, 0.25) is 0 Å². The van der Waals surface area contributed by atoms with E-state index in [1.54, 1.807) is 7.11 Å². The molecule has 0 fully saturated rings.